The van der Waals surface area contributed by atoms with Crippen LogP contribution in [0.15, 0.2) is 23.7 Å². The van der Waals surface area contributed by atoms with Gasteiger partial charge in [-0.05, 0) is 25.5 Å². The topological polar surface area (TPSA) is 9.23 Å². The van der Waals surface area contributed by atoms with Crippen molar-refractivity contribution in [2.45, 2.75) is 26.7 Å². The summed E-state index contributed by atoms with van der Waals surface area (Å²) in [6.07, 6.45) is 6.24. The lowest BCUT2D eigenvalue weighted by Gasteiger charge is -2.11. The van der Waals surface area contributed by atoms with Crippen LogP contribution in [-0.4, -0.2) is 0 Å². The van der Waals surface area contributed by atoms with Gasteiger partial charge in [-0.1, -0.05) is 6.92 Å². The molecule has 1 nitrogen and oxygen atoms in total. The van der Waals surface area contributed by atoms with Crippen LogP contribution in [0.25, 0.3) is 0 Å². The van der Waals surface area contributed by atoms with Gasteiger partial charge in [0.1, 0.15) is 0 Å². The highest BCUT2D eigenvalue weighted by molar-refractivity contribution is 5.08. The van der Waals surface area contributed by atoms with Crippen molar-refractivity contribution in [1.29, 1.82) is 0 Å². The van der Waals surface area contributed by atoms with Crippen LogP contribution in [0.2, 0.25) is 0 Å². The van der Waals surface area contributed by atoms with Gasteiger partial charge in [-0.2, -0.15) is 0 Å². The van der Waals surface area contributed by atoms with Crippen molar-refractivity contribution in [1.82, 2.24) is 0 Å². The second kappa shape index (κ2) is 2.72. The summed E-state index contributed by atoms with van der Waals surface area (Å²) in [7, 11) is 0. The average Bonchev–Trinajstić information content (AvgIpc) is 1.88. The summed E-state index contributed by atoms with van der Waals surface area (Å²) in [5.41, 5.74) is 0. The minimum atomic E-state index is 1.01. The Balaban J connectivity index is 2.51. The molecule has 1 aliphatic rings. The van der Waals surface area contributed by atoms with Crippen molar-refractivity contribution < 1.29 is 4.74 Å². The smallest absolute Gasteiger partial charge is 0.0996 e. The Morgan fingerprint density at radius 2 is 2.33 bits per heavy atom. The van der Waals surface area contributed by atoms with E-state index in [9.17, 15) is 0 Å². The summed E-state index contributed by atoms with van der Waals surface area (Å²) in [6.45, 7) is 4.09. The molecule has 1 rings (SSSR count). The maximum absolute atomic E-state index is 5.36. The van der Waals surface area contributed by atoms with Crippen LogP contribution < -0.4 is 0 Å². The molecular formula is C8H12O. The van der Waals surface area contributed by atoms with Gasteiger partial charge in [0.2, 0.25) is 0 Å². The quantitative estimate of drug-likeness (QED) is 0.522. The largest absolute Gasteiger partial charge is 0.467 e. The zero-order chi connectivity index (χ0) is 6.69. The van der Waals surface area contributed by atoms with Gasteiger partial charge in [-0.15, -0.1) is 0 Å². The molecule has 0 amide bonds. The summed E-state index contributed by atoms with van der Waals surface area (Å²) >= 11 is 0. The first kappa shape index (κ1) is 6.40. The van der Waals surface area contributed by atoms with Gasteiger partial charge >= 0.3 is 0 Å². The van der Waals surface area contributed by atoms with Gasteiger partial charge in [0.15, 0.2) is 0 Å². The van der Waals surface area contributed by atoms with Crippen LogP contribution >= 0.6 is 0 Å². The highest BCUT2D eigenvalue weighted by Gasteiger charge is 1.99. The van der Waals surface area contributed by atoms with Crippen LogP contribution in [0.5, 0.6) is 0 Å². The average molecular weight is 124 g/mol. The SMILES string of the molecule is CCC1=CCC=C(C)O1. The summed E-state index contributed by atoms with van der Waals surface area (Å²) in [5.74, 6) is 2.14. The highest BCUT2D eigenvalue weighted by atomic mass is 16.5. The molecule has 0 aromatic carbocycles. The van der Waals surface area contributed by atoms with E-state index in [2.05, 4.69) is 19.1 Å². The van der Waals surface area contributed by atoms with Crippen molar-refractivity contribution in [2.75, 3.05) is 0 Å². The molecule has 0 unspecified atom stereocenters. The van der Waals surface area contributed by atoms with E-state index in [1.54, 1.807) is 0 Å². The molecule has 0 spiro atoms. The maximum Gasteiger partial charge on any atom is 0.0996 e. The second-order valence-corrected chi connectivity index (χ2v) is 2.18. The fourth-order valence-corrected chi connectivity index (χ4v) is 0.863. The standard InChI is InChI=1S/C8H12O/c1-3-8-6-4-5-7(2)9-8/h5-6H,3-4H2,1-2H3. The molecule has 0 saturated carbocycles. The minimum absolute atomic E-state index is 1.01. The lowest BCUT2D eigenvalue weighted by atomic mass is 10.2. The predicted molar refractivity (Wildman–Crippen MR) is 37.8 cm³/mol. The molecular weight excluding hydrogens is 112 g/mol. The Kier molecular flexibility index (Phi) is 1.93. The van der Waals surface area contributed by atoms with Gasteiger partial charge in [0.25, 0.3) is 0 Å². The Bertz CT molecular complexity index is 154. The normalized spacial score (nSPS) is 18.0. The summed E-state index contributed by atoms with van der Waals surface area (Å²) < 4.78 is 5.36. The van der Waals surface area contributed by atoms with Gasteiger partial charge in [-0.25, -0.2) is 0 Å². The van der Waals surface area contributed by atoms with Crippen molar-refractivity contribution in [3.8, 4) is 0 Å². The van der Waals surface area contributed by atoms with Crippen molar-refractivity contribution >= 4 is 0 Å². The first-order chi connectivity index (χ1) is 4.33. The van der Waals surface area contributed by atoms with E-state index in [4.69, 9.17) is 4.74 Å². The molecule has 0 N–H and O–H groups in total. The first-order valence-corrected chi connectivity index (χ1v) is 3.36. The minimum Gasteiger partial charge on any atom is -0.467 e. The molecule has 0 bridgehead atoms. The van der Waals surface area contributed by atoms with Crippen molar-refractivity contribution in [3.05, 3.63) is 23.7 Å². The maximum atomic E-state index is 5.36. The number of allylic oxidation sites excluding steroid dienone is 4. The van der Waals surface area contributed by atoms with Gasteiger partial charge in [0, 0.05) is 6.42 Å². The number of ether oxygens (including phenoxy) is 1. The highest BCUT2D eigenvalue weighted by Crippen LogP contribution is 2.15. The fourth-order valence-electron chi connectivity index (χ4n) is 0.863. The van der Waals surface area contributed by atoms with Crippen LogP contribution in [0.3, 0.4) is 0 Å². The first-order valence-electron chi connectivity index (χ1n) is 3.36. The van der Waals surface area contributed by atoms with E-state index in [1.165, 1.54) is 0 Å². The zero-order valence-corrected chi connectivity index (χ0v) is 5.98. The van der Waals surface area contributed by atoms with Crippen LogP contribution in [0.1, 0.15) is 26.7 Å². The molecule has 0 aromatic heterocycles. The second-order valence-electron chi connectivity index (χ2n) is 2.18. The third kappa shape index (κ3) is 1.60. The van der Waals surface area contributed by atoms with Crippen molar-refractivity contribution in [2.24, 2.45) is 0 Å². The zero-order valence-electron chi connectivity index (χ0n) is 5.98. The van der Waals surface area contributed by atoms with Crippen LogP contribution in [0.4, 0.5) is 0 Å². The van der Waals surface area contributed by atoms with Gasteiger partial charge in [-0.3, -0.25) is 0 Å². The van der Waals surface area contributed by atoms with E-state index in [1.807, 2.05) is 6.92 Å². The lowest BCUT2D eigenvalue weighted by Crippen LogP contribution is -1.93. The van der Waals surface area contributed by atoms with Crippen LogP contribution in [-0.2, 0) is 4.74 Å². The third-order valence-corrected chi connectivity index (χ3v) is 1.39. The molecule has 0 saturated heterocycles. The Morgan fingerprint density at radius 1 is 1.56 bits per heavy atom. The summed E-state index contributed by atoms with van der Waals surface area (Å²) in [6, 6.07) is 0. The van der Waals surface area contributed by atoms with E-state index >= 15 is 0 Å². The van der Waals surface area contributed by atoms with Crippen LogP contribution in [0, 0.1) is 0 Å². The van der Waals surface area contributed by atoms with E-state index < -0.39 is 0 Å². The molecule has 50 valence electrons. The molecule has 1 heteroatoms. The molecule has 0 fully saturated rings. The molecule has 1 aliphatic heterocycles. The van der Waals surface area contributed by atoms with Gasteiger partial charge < -0.3 is 4.74 Å². The Hall–Kier alpha value is -0.720. The Labute approximate surface area is 56.0 Å². The Morgan fingerprint density at radius 3 is 2.78 bits per heavy atom. The fraction of sp³-hybridized carbons (Fsp3) is 0.500. The predicted octanol–water partition coefficient (Wildman–Crippen LogP) is 2.60. The third-order valence-electron chi connectivity index (χ3n) is 1.39. The number of hydrogen-bond donors (Lipinski definition) is 0. The molecule has 9 heavy (non-hydrogen) atoms. The number of rotatable bonds is 1. The van der Waals surface area contributed by atoms with E-state index in [-0.39, 0.29) is 0 Å². The molecule has 0 radical (unpaired) electrons. The van der Waals surface area contributed by atoms with E-state index in [0.717, 1.165) is 24.4 Å². The summed E-state index contributed by atoms with van der Waals surface area (Å²) in [4.78, 5) is 0. The lowest BCUT2D eigenvalue weighted by molar-refractivity contribution is 0.287. The van der Waals surface area contributed by atoms with E-state index in [0.29, 0.717) is 0 Å². The van der Waals surface area contributed by atoms with Gasteiger partial charge in [0.05, 0.1) is 11.5 Å². The molecule has 0 atom stereocenters. The number of hydrogen-bond acceptors (Lipinski definition) is 1. The van der Waals surface area contributed by atoms with Crippen molar-refractivity contribution in [3.63, 3.8) is 0 Å². The molecule has 0 aliphatic carbocycles. The molecule has 0 aromatic rings. The molecule has 1 heterocycles. The monoisotopic (exact) mass is 124 g/mol. The summed E-state index contributed by atoms with van der Waals surface area (Å²) in [5, 5.41) is 0.